The summed E-state index contributed by atoms with van der Waals surface area (Å²) in [4.78, 5) is 20.4. The smallest absolute Gasteiger partial charge is 0.337 e. The van der Waals surface area contributed by atoms with E-state index in [1.54, 1.807) is 0 Å². The molecule has 0 aromatic carbocycles. The Bertz CT molecular complexity index is 851. The molecule has 1 aromatic rings. The highest BCUT2D eigenvalue weighted by Gasteiger charge is 2.91. The van der Waals surface area contributed by atoms with Crippen LogP contribution in [0.2, 0.25) is 0 Å². The predicted molar refractivity (Wildman–Crippen MR) is 81.6 cm³/mol. The van der Waals surface area contributed by atoms with E-state index in [-0.39, 0.29) is 10.8 Å². The number of halogens is 13. The van der Waals surface area contributed by atoms with E-state index < -0.39 is 67.9 Å². The number of carbonyl (C=O) groups excluding carboxylic acids is 1. The van der Waals surface area contributed by atoms with Gasteiger partial charge in [-0.1, -0.05) is 0 Å². The van der Waals surface area contributed by atoms with E-state index in [1.807, 2.05) is 0 Å². The van der Waals surface area contributed by atoms with Crippen LogP contribution in [0, 0.1) is 0 Å². The number of hydrogen-bond donors (Lipinski definition) is 0. The van der Waals surface area contributed by atoms with Gasteiger partial charge >= 0.3 is 35.8 Å². The molecule has 1 aliphatic heterocycles. The molecule has 18 heteroatoms. The van der Waals surface area contributed by atoms with Crippen LogP contribution in [0.3, 0.4) is 0 Å². The van der Waals surface area contributed by atoms with Crippen LogP contribution >= 0.6 is 0 Å². The molecule has 0 N–H and O–H groups in total. The Kier molecular flexibility index (Phi) is 6.50. The van der Waals surface area contributed by atoms with Gasteiger partial charge in [0, 0.05) is 38.6 Å². The van der Waals surface area contributed by atoms with Crippen molar-refractivity contribution >= 4 is 11.9 Å². The molecule has 0 unspecified atom stereocenters. The molecule has 1 amide bonds. The van der Waals surface area contributed by atoms with Crippen LogP contribution < -0.4 is 4.90 Å². The summed E-state index contributed by atoms with van der Waals surface area (Å²) in [5, 5.41) is 0. The van der Waals surface area contributed by atoms with Crippen LogP contribution in [0.5, 0.6) is 0 Å². The van der Waals surface area contributed by atoms with E-state index >= 15 is 0 Å². The maximum atomic E-state index is 14.0. The van der Waals surface area contributed by atoms with Crippen LogP contribution in [-0.4, -0.2) is 82.7 Å². The average Bonchev–Trinajstić information content (AvgIpc) is 2.72. The number of piperazine rings is 1. The fourth-order valence-corrected chi connectivity index (χ4v) is 2.67. The second-order valence-electron chi connectivity index (χ2n) is 6.70. The fraction of sp³-hybridized carbons (Fsp3) is 0.667. The third-order valence-corrected chi connectivity index (χ3v) is 4.60. The fourth-order valence-electron chi connectivity index (χ4n) is 2.67. The highest BCUT2D eigenvalue weighted by molar-refractivity contribution is 5.85. The molecule has 0 bridgehead atoms. The molecule has 188 valence electrons. The van der Waals surface area contributed by atoms with Crippen molar-refractivity contribution in [2.24, 2.45) is 0 Å². The quantitative estimate of drug-likeness (QED) is 0.546. The van der Waals surface area contributed by atoms with Crippen molar-refractivity contribution in [1.82, 2.24) is 14.9 Å². The van der Waals surface area contributed by atoms with Crippen molar-refractivity contribution < 1.29 is 61.9 Å². The van der Waals surface area contributed by atoms with Crippen molar-refractivity contribution in [2.75, 3.05) is 31.1 Å². The van der Waals surface area contributed by atoms with E-state index in [0.717, 1.165) is 0 Å². The summed E-state index contributed by atoms with van der Waals surface area (Å²) in [5.41, 5.74) is 0. The Morgan fingerprint density at radius 1 is 0.667 bits per heavy atom. The van der Waals surface area contributed by atoms with Crippen molar-refractivity contribution in [2.45, 2.75) is 35.8 Å². The molecule has 2 heterocycles. The van der Waals surface area contributed by atoms with E-state index in [2.05, 4.69) is 9.97 Å². The SMILES string of the molecule is O=C(N1CCN(c2ncccn2)CC1)C(F)(F)C(F)(F)C(F)(F)C(F)(F)C(F)(F)C(F)(F)F. The van der Waals surface area contributed by atoms with Crippen molar-refractivity contribution in [3.8, 4) is 0 Å². The maximum Gasteiger partial charge on any atom is 0.460 e. The lowest BCUT2D eigenvalue weighted by Crippen LogP contribution is -2.72. The molecular formula is C15H11F13N4O. The van der Waals surface area contributed by atoms with Gasteiger partial charge in [-0.2, -0.15) is 57.1 Å². The minimum Gasteiger partial charge on any atom is -0.337 e. The molecule has 0 spiro atoms. The van der Waals surface area contributed by atoms with Crippen molar-refractivity contribution in [1.29, 1.82) is 0 Å². The molecule has 1 fully saturated rings. The molecular weight excluding hydrogens is 499 g/mol. The van der Waals surface area contributed by atoms with E-state index in [1.165, 1.54) is 23.4 Å². The van der Waals surface area contributed by atoms with Gasteiger partial charge < -0.3 is 9.80 Å². The van der Waals surface area contributed by atoms with Gasteiger partial charge in [0.2, 0.25) is 5.95 Å². The summed E-state index contributed by atoms with van der Waals surface area (Å²) in [7, 11) is 0. The van der Waals surface area contributed by atoms with Gasteiger partial charge in [0.1, 0.15) is 0 Å². The number of amides is 1. The normalized spacial score (nSPS) is 17.4. The van der Waals surface area contributed by atoms with Gasteiger partial charge in [0.05, 0.1) is 0 Å². The van der Waals surface area contributed by atoms with Crippen molar-refractivity contribution in [3.05, 3.63) is 18.5 Å². The molecule has 1 aromatic heterocycles. The molecule has 0 radical (unpaired) electrons. The standard InChI is InChI=1S/C15H11F13N4O/c16-10(17,8(33)31-4-6-32(7-5-31)9-29-2-1-3-30-9)11(18,19)12(20,21)13(22,23)14(24,25)15(26,27)28/h1-3H,4-7H2. The molecule has 1 aliphatic rings. The largest absolute Gasteiger partial charge is 0.460 e. The summed E-state index contributed by atoms with van der Waals surface area (Å²) >= 11 is 0. The Balaban J connectivity index is 2.29. The first-order valence-corrected chi connectivity index (χ1v) is 8.50. The van der Waals surface area contributed by atoms with Crippen LogP contribution in [0.1, 0.15) is 0 Å². The second kappa shape index (κ2) is 8.03. The average molecular weight is 510 g/mol. The summed E-state index contributed by atoms with van der Waals surface area (Å²) < 4.78 is 171. The minimum atomic E-state index is -8.05. The molecule has 1 saturated heterocycles. The van der Waals surface area contributed by atoms with Crippen LogP contribution in [0.25, 0.3) is 0 Å². The summed E-state index contributed by atoms with van der Waals surface area (Å²) in [5.74, 6) is -41.5. The van der Waals surface area contributed by atoms with Gasteiger partial charge in [-0.05, 0) is 6.07 Å². The maximum absolute atomic E-state index is 14.0. The lowest BCUT2D eigenvalue weighted by molar-refractivity contribution is -0.436. The van der Waals surface area contributed by atoms with E-state index in [4.69, 9.17) is 0 Å². The Labute approximate surface area is 175 Å². The zero-order chi connectivity index (χ0) is 25.7. The van der Waals surface area contributed by atoms with Gasteiger partial charge in [0.25, 0.3) is 5.91 Å². The predicted octanol–water partition coefficient (Wildman–Crippen LogP) is 3.86. The molecule has 5 nitrogen and oxygen atoms in total. The second-order valence-corrected chi connectivity index (χ2v) is 6.70. The zero-order valence-electron chi connectivity index (χ0n) is 15.7. The first kappa shape index (κ1) is 26.7. The third-order valence-electron chi connectivity index (χ3n) is 4.60. The molecule has 0 saturated carbocycles. The molecule has 33 heavy (non-hydrogen) atoms. The highest BCUT2D eigenvalue weighted by Crippen LogP contribution is 2.60. The third kappa shape index (κ3) is 4.00. The van der Waals surface area contributed by atoms with E-state index in [0.29, 0.717) is 0 Å². The number of anilines is 1. The number of aromatic nitrogens is 2. The summed E-state index contributed by atoms with van der Waals surface area (Å²) in [6.45, 7) is -2.58. The molecule has 0 aliphatic carbocycles. The summed E-state index contributed by atoms with van der Waals surface area (Å²) in [6, 6.07) is 1.39. The van der Waals surface area contributed by atoms with Gasteiger partial charge in [-0.25, -0.2) is 9.97 Å². The van der Waals surface area contributed by atoms with Gasteiger partial charge in [-0.15, -0.1) is 0 Å². The Morgan fingerprint density at radius 3 is 1.52 bits per heavy atom. The first-order chi connectivity index (χ1) is 14.7. The Hall–Kier alpha value is -2.56. The first-order valence-electron chi connectivity index (χ1n) is 8.50. The lowest BCUT2D eigenvalue weighted by atomic mass is 9.93. The van der Waals surface area contributed by atoms with E-state index in [9.17, 15) is 61.9 Å². The Morgan fingerprint density at radius 2 is 1.09 bits per heavy atom. The zero-order valence-corrected chi connectivity index (χ0v) is 15.7. The van der Waals surface area contributed by atoms with Gasteiger partial charge in [0.15, 0.2) is 0 Å². The summed E-state index contributed by atoms with van der Waals surface area (Å²) in [6.07, 6.45) is -4.99. The number of rotatable bonds is 6. The van der Waals surface area contributed by atoms with Gasteiger partial charge in [-0.3, -0.25) is 4.79 Å². The number of alkyl halides is 13. The number of carbonyl (C=O) groups is 1. The minimum absolute atomic E-state index is 0.00208. The monoisotopic (exact) mass is 510 g/mol. The molecule has 0 atom stereocenters. The topological polar surface area (TPSA) is 49.3 Å². The lowest BCUT2D eigenvalue weighted by Gasteiger charge is -2.41. The van der Waals surface area contributed by atoms with Crippen LogP contribution in [0.4, 0.5) is 63.0 Å². The molecule has 2 rings (SSSR count). The highest BCUT2D eigenvalue weighted by atomic mass is 19.4. The van der Waals surface area contributed by atoms with Crippen LogP contribution in [0.15, 0.2) is 18.5 Å². The van der Waals surface area contributed by atoms with Crippen molar-refractivity contribution in [3.63, 3.8) is 0 Å². The number of nitrogens with zero attached hydrogens (tertiary/aromatic N) is 4. The number of hydrogen-bond acceptors (Lipinski definition) is 4. The van der Waals surface area contributed by atoms with Crippen LogP contribution in [-0.2, 0) is 4.79 Å².